The van der Waals surface area contributed by atoms with E-state index < -0.39 is 27.1 Å². The number of rotatable bonds is 5. The molecular formula is C15H12ClN3O5. The highest BCUT2D eigenvalue weighted by molar-refractivity contribution is 6.30. The van der Waals surface area contributed by atoms with Crippen molar-refractivity contribution in [2.45, 2.75) is 13.5 Å². The van der Waals surface area contributed by atoms with E-state index in [1.807, 2.05) is 0 Å². The largest absolute Gasteiger partial charge is 0.348 e. The second-order valence-electron chi connectivity index (χ2n) is 4.96. The lowest BCUT2D eigenvalue weighted by molar-refractivity contribution is -0.394. The van der Waals surface area contributed by atoms with Crippen LogP contribution in [0, 0.1) is 27.2 Å². The van der Waals surface area contributed by atoms with Crippen molar-refractivity contribution in [3.8, 4) is 0 Å². The summed E-state index contributed by atoms with van der Waals surface area (Å²) in [6.45, 7) is 1.53. The van der Waals surface area contributed by atoms with Gasteiger partial charge in [-0.2, -0.15) is 0 Å². The molecule has 2 aromatic carbocycles. The smallest absolute Gasteiger partial charge is 0.279 e. The molecule has 0 heterocycles. The van der Waals surface area contributed by atoms with Crippen LogP contribution >= 0.6 is 11.6 Å². The summed E-state index contributed by atoms with van der Waals surface area (Å²) >= 11 is 5.77. The first-order chi connectivity index (χ1) is 11.3. The van der Waals surface area contributed by atoms with Crippen LogP contribution in [0.5, 0.6) is 0 Å². The Bertz CT molecular complexity index is 821. The van der Waals surface area contributed by atoms with E-state index in [1.165, 1.54) is 6.92 Å². The van der Waals surface area contributed by atoms with Crippen LogP contribution < -0.4 is 5.32 Å². The molecule has 0 aromatic heterocycles. The van der Waals surface area contributed by atoms with E-state index in [4.69, 9.17) is 11.6 Å². The molecule has 0 saturated carbocycles. The summed E-state index contributed by atoms with van der Waals surface area (Å²) in [6.07, 6.45) is 0. The molecule has 0 fully saturated rings. The van der Waals surface area contributed by atoms with Crippen molar-refractivity contribution in [2.75, 3.05) is 0 Å². The molecule has 0 radical (unpaired) electrons. The van der Waals surface area contributed by atoms with Crippen molar-refractivity contribution < 1.29 is 14.6 Å². The maximum Gasteiger partial charge on any atom is 0.279 e. The minimum atomic E-state index is -0.775. The number of nitro benzene ring substituents is 2. The first-order valence-electron chi connectivity index (χ1n) is 6.75. The zero-order chi connectivity index (χ0) is 17.9. The van der Waals surface area contributed by atoms with Gasteiger partial charge in [0.2, 0.25) is 0 Å². The van der Waals surface area contributed by atoms with E-state index in [0.29, 0.717) is 5.02 Å². The van der Waals surface area contributed by atoms with Crippen molar-refractivity contribution in [3.05, 3.63) is 78.3 Å². The van der Waals surface area contributed by atoms with Crippen molar-refractivity contribution in [2.24, 2.45) is 0 Å². The van der Waals surface area contributed by atoms with Crippen LogP contribution in [0.2, 0.25) is 5.02 Å². The summed E-state index contributed by atoms with van der Waals surface area (Å²) in [4.78, 5) is 32.7. The van der Waals surface area contributed by atoms with Crippen LogP contribution in [0.1, 0.15) is 21.5 Å². The Morgan fingerprint density at radius 3 is 2.29 bits per heavy atom. The predicted molar refractivity (Wildman–Crippen MR) is 87.1 cm³/mol. The lowest BCUT2D eigenvalue weighted by atomic mass is 10.0. The molecule has 0 spiro atoms. The summed E-state index contributed by atoms with van der Waals surface area (Å²) in [6, 6.07) is 8.61. The lowest BCUT2D eigenvalue weighted by Crippen LogP contribution is -2.24. The molecule has 2 rings (SSSR count). The van der Waals surface area contributed by atoms with Crippen molar-refractivity contribution in [1.82, 2.24) is 5.32 Å². The average molecular weight is 350 g/mol. The summed E-state index contributed by atoms with van der Waals surface area (Å²) in [5.74, 6) is -0.630. The van der Waals surface area contributed by atoms with Gasteiger partial charge in [-0.25, -0.2) is 0 Å². The minimum absolute atomic E-state index is 0.0687. The van der Waals surface area contributed by atoms with Gasteiger partial charge < -0.3 is 5.32 Å². The third-order valence-electron chi connectivity index (χ3n) is 3.38. The van der Waals surface area contributed by atoms with Crippen molar-refractivity contribution in [3.63, 3.8) is 0 Å². The van der Waals surface area contributed by atoms with Crippen LogP contribution in [0.25, 0.3) is 0 Å². The minimum Gasteiger partial charge on any atom is -0.348 e. The highest BCUT2D eigenvalue weighted by Gasteiger charge is 2.24. The van der Waals surface area contributed by atoms with Gasteiger partial charge in [0.25, 0.3) is 17.3 Å². The summed E-state index contributed by atoms with van der Waals surface area (Å²) in [5, 5.41) is 25.1. The Balaban J connectivity index is 2.29. The Kier molecular flexibility index (Phi) is 5.10. The van der Waals surface area contributed by atoms with Gasteiger partial charge in [0.15, 0.2) is 0 Å². The van der Waals surface area contributed by atoms with E-state index in [-0.39, 0.29) is 17.7 Å². The standard InChI is InChI=1S/C15H12ClN3O5/c1-9-13(6-12(18(21)22)7-14(9)19(23)24)15(20)17-8-10-2-4-11(16)5-3-10/h2-7H,8H2,1H3,(H,17,20). The van der Waals surface area contributed by atoms with Gasteiger partial charge in [-0.15, -0.1) is 0 Å². The fraction of sp³-hybridized carbons (Fsp3) is 0.133. The average Bonchev–Trinajstić information content (AvgIpc) is 2.53. The molecule has 0 aliphatic heterocycles. The summed E-state index contributed by atoms with van der Waals surface area (Å²) in [5.41, 5.74) is -0.251. The molecule has 24 heavy (non-hydrogen) atoms. The first-order valence-corrected chi connectivity index (χ1v) is 7.13. The number of hydrogen-bond acceptors (Lipinski definition) is 5. The number of carbonyl (C=O) groups excluding carboxylic acids is 1. The van der Waals surface area contributed by atoms with E-state index in [9.17, 15) is 25.0 Å². The Labute approximate surface area is 141 Å². The second kappa shape index (κ2) is 7.05. The van der Waals surface area contributed by atoms with Crippen molar-refractivity contribution >= 4 is 28.9 Å². The maximum atomic E-state index is 12.3. The van der Waals surface area contributed by atoms with Gasteiger partial charge in [-0.3, -0.25) is 25.0 Å². The summed E-state index contributed by atoms with van der Waals surface area (Å²) in [7, 11) is 0. The number of benzene rings is 2. The number of halogens is 1. The number of nitrogens with one attached hydrogen (secondary N) is 1. The highest BCUT2D eigenvalue weighted by Crippen LogP contribution is 2.28. The van der Waals surface area contributed by atoms with Gasteiger partial charge in [-0.1, -0.05) is 23.7 Å². The Morgan fingerprint density at radius 1 is 1.12 bits per heavy atom. The highest BCUT2D eigenvalue weighted by atomic mass is 35.5. The number of hydrogen-bond donors (Lipinski definition) is 1. The molecule has 1 N–H and O–H groups in total. The van der Waals surface area contributed by atoms with E-state index >= 15 is 0 Å². The molecule has 0 saturated heterocycles. The molecule has 0 unspecified atom stereocenters. The quantitative estimate of drug-likeness (QED) is 0.656. The molecule has 2 aromatic rings. The first kappa shape index (κ1) is 17.4. The number of amides is 1. The monoisotopic (exact) mass is 349 g/mol. The van der Waals surface area contributed by atoms with Crippen LogP contribution in [0.4, 0.5) is 11.4 Å². The molecule has 9 heteroatoms. The normalized spacial score (nSPS) is 10.2. The zero-order valence-corrected chi connectivity index (χ0v) is 13.2. The number of non-ortho nitro benzene ring substituents is 1. The van der Waals surface area contributed by atoms with Gasteiger partial charge in [0.05, 0.1) is 21.5 Å². The molecular weight excluding hydrogens is 338 g/mol. The molecule has 1 amide bonds. The molecule has 124 valence electrons. The van der Waals surface area contributed by atoms with Gasteiger partial charge in [0.1, 0.15) is 0 Å². The van der Waals surface area contributed by atoms with Crippen LogP contribution in [0.15, 0.2) is 36.4 Å². The van der Waals surface area contributed by atoms with Gasteiger partial charge >= 0.3 is 0 Å². The molecule has 8 nitrogen and oxygen atoms in total. The second-order valence-corrected chi connectivity index (χ2v) is 5.40. The van der Waals surface area contributed by atoms with E-state index in [1.54, 1.807) is 24.3 Å². The number of carbonyl (C=O) groups is 1. The van der Waals surface area contributed by atoms with E-state index in [2.05, 4.69) is 5.32 Å². The predicted octanol–water partition coefficient (Wildman–Crippen LogP) is 3.39. The number of nitro groups is 2. The Morgan fingerprint density at radius 2 is 1.75 bits per heavy atom. The van der Waals surface area contributed by atoms with Crippen LogP contribution in [0.3, 0.4) is 0 Å². The third kappa shape index (κ3) is 3.85. The molecule has 0 aliphatic rings. The van der Waals surface area contributed by atoms with Gasteiger partial charge in [0, 0.05) is 23.2 Å². The SMILES string of the molecule is Cc1c(C(=O)NCc2ccc(Cl)cc2)cc([N+](=O)[O-])cc1[N+](=O)[O-]. The Hall–Kier alpha value is -3.00. The van der Waals surface area contributed by atoms with Crippen molar-refractivity contribution in [1.29, 1.82) is 0 Å². The van der Waals surface area contributed by atoms with Crippen LogP contribution in [-0.2, 0) is 6.54 Å². The van der Waals surface area contributed by atoms with Crippen LogP contribution in [-0.4, -0.2) is 15.8 Å². The number of nitrogens with zero attached hydrogens (tertiary/aromatic N) is 2. The topological polar surface area (TPSA) is 115 Å². The third-order valence-corrected chi connectivity index (χ3v) is 3.64. The zero-order valence-electron chi connectivity index (χ0n) is 12.5. The maximum absolute atomic E-state index is 12.3. The van der Waals surface area contributed by atoms with Gasteiger partial charge in [-0.05, 0) is 24.6 Å². The molecule has 0 atom stereocenters. The molecule has 0 aliphatic carbocycles. The fourth-order valence-electron chi connectivity index (χ4n) is 2.09. The summed E-state index contributed by atoms with van der Waals surface area (Å²) < 4.78 is 0. The molecule has 0 bridgehead atoms. The van der Waals surface area contributed by atoms with E-state index in [0.717, 1.165) is 17.7 Å². The lowest BCUT2D eigenvalue weighted by Gasteiger charge is -2.08. The fourth-order valence-corrected chi connectivity index (χ4v) is 2.22.